The summed E-state index contributed by atoms with van der Waals surface area (Å²) in [7, 11) is -3.33. The molecular formula is C22H23FN2O4S. The first kappa shape index (κ1) is 20.5. The smallest absolute Gasteiger partial charge is 0.232 e. The number of fused-ring (bicyclic) bond motifs is 1. The number of carbonyl (C=O) groups is 2. The Morgan fingerprint density at radius 2 is 1.87 bits per heavy atom. The zero-order valence-electron chi connectivity index (χ0n) is 16.9. The lowest BCUT2D eigenvalue weighted by molar-refractivity contribution is -0.124. The second kappa shape index (κ2) is 7.50. The Morgan fingerprint density at radius 1 is 1.13 bits per heavy atom. The minimum atomic E-state index is -3.33. The maximum Gasteiger partial charge on any atom is 0.232 e. The van der Waals surface area contributed by atoms with Gasteiger partial charge in [-0.05, 0) is 61.2 Å². The molecule has 6 nitrogen and oxygen atoms in total. The largest absolute Gasteiger partial charge is 0.312 e. The van der Waals surface area contributed by atoms with Crippen LogP contribution in [0.1, 0.15) is 24.0 Å². The van der Waals surface area contributed by atoms with Gasteiger partial charge in [-0.3, -0.25) is 9.59 Å². The van der Waals surface area contributed by atoms with E-state index in [1.165, 1.54) is 17.0 Å². The second-order valence-electron chi connectivity index (χ2n) is 8.02. The molecule has 1 saturated heterocycles. The number of amides is 2. The van der Waals surface area contributed by atoms with E-state index in [1.807, 2.05) is 0 Å². The zero-order chi connectivity index (χ0) is 21.6. The Kier molecular flexibility index (Phi) is 5.13. The van der Waals surface area contributed by atoms with E-state index in [0.29, 0.717) is 25.1 Å². The first-order valence-corrected chi connectivity index (χ1v) is 11.7. The molecule has 0 N–H and O–H groups in total. The highest BCUT2D eigenvalue weighted by Gasteiger charge is 2.39. The molecule has 1 atom stereocenters. The van der Waals surface area contributed by atoms with Crippen LogP contribution in [0.25, 0.3) is 0 Å². The minimum absolute atomic E-state index is 0.0272. The molecule has 2 amide bonds. The molecule has 2 aromatic carbocycles. The molecule has 0 bridgehead atoms. The zero-order valence-corrected chi connectivity index (χ0v) is 17.7. The predicted octanol–water partition coefficient (Wildman–Crippen LogP) is 2.87. The molecule has 0 spiro atoms. The van der Waals surface area contributed by atoms with Crippen molar-refractivity contribution in [1.29, 1.82) is 0 Å². The predicted molar refractivity (Wildman–Crippen MR) is 112 cm³/mol. The number of aryl methyl sites for hydroxylation is 2. The van der Waals surface area contributed by atoms with Gasteiger partial charge < -0.3 is 9.80 Å². The van der Waals surface area contributed by atoms with E-state index in [9.17, 15) is 22.4 Å². The normalized spacial score (nSPS) is 19.2. The van der Waals surface area contributed by atoms with Crippen LogP contribution in [0.2, 0.25) is 0 Å². The van der Waals surface area contributed by atoms with Crippen LogP contribution in [0.15, 0.2) is 41.3 Å². The second-order valence-corrected chi connectivity index (χ2v) is 10.0. The fourth-order valence-corrected chi connectivity index (χ4v) is 4.86. The lowest BCUT2D eigenvalue weighted by atomic mass is 9.99. The lowest BCUT2D eigenvalue weighted by Crippen LogP contribution is -2.40. The van der Waals surface area contributed by atoms with Gasteiger partial charge >= 0.3 is 0 Å². The van der Waals surface area contributed by atoms with Crippen molar-refractivity contribution in [2.45, 2.75) is 31.1 Å². The first-order chi connectivity index (χ1) is 14.1. The highest BCUT2D eigenvalue weighted by molar-refractivity contribution is 7.90. The van der Waals surface area contributed by atoms with Crippen molar-refractivity contribution in [3.05, 3.63) is 53.3 Å². The molecule has 2 aromatic rings. The summed E-state index contributed by atoms with van der Waals surface area (Å²) < 4.78 is 38.0. The standard InChI is InChI=1S/C22H23FN2O4S/c1-14-5-7-20(18(23)10-14)25-13-16(12-21(25)26)22(27)24-9-3-4-15-11-17(30(2,28)29)6-8-19(15)24/h5-8,10-11,16H,3-4,9,12-13H2,1-2H3. The molecule has 30 heavy (non-hydrogen) atoms. The van der Waals surface area contributed by atoms with Gasteiger partial charge in [0.15, 0.2) is 9.84 Å². The fraction of sp³-hybridized carbons (Fsp3) is 0.364. The summed E-state index contributed by atoms with van der Waals surface area (Å²) in [6.07, 6.45) is 2.58. The molecule has 8 heteroatoms. The number of hydrogen-bond donors (Lipinski definition) is 0. The maximum atomic E-state index is 14.4. The summed E-state index contributed by atoms with van der Waals surface area (Å²) in [6, 6.07) is 9.47. The molecule has 2 aliphatic rings. The van der Waals surface area contributed by atoms with Crippen LogP contribution in [0.4, 0.5) is 15.8 Å². The Bertz CT molecular complexity index is 1150. The summed E-state index contributed by atoms with van der Waals surface area (Å²) in [4.78, 5) is 29.0. The molecule has 2 heterocycles. The summed E-state index contributed by atoms with van der Waals surface area (Å²) >= 11 is 0. The third kappa shape index (κ3) is 3.71. The van der Waals surface area contributed by atoms with Gasteiger partial charge in [-0.2, -0.15) is 0 Å². The van der Waals surface area contributed by atoms with Gasteiger partial charge in [0.1, 0.15) is 5.82 Å². The van der Waals surface area contributed by atoms with Gasteiger partial charge in [-0.15, -0.1) is 0 Å². The highest BCUT2D eigenvalue weighted by Crippen LogP contribution is 2.34. The van der Waals surface area contributed by atoms with Crippen molar-refractivity contribution in [2.75, 3.05) is 29.1 Å². The van der Waals surface area contributed by atoms with Gasteiger partial charge in [0.2, 0.25) is 11.8 Å². The molecule has 0 radical (unpaired) electrons. The fourth-order valence-electron chi connectivity index (χ4n) is 4.19. The van der Waals surface area contributed by atoms with Gasteiger partial charge in [-0.25, -0.2) is 12.8 Å². The van der Waals surface area contributed by atoms with Gasteiger partial charge in [0.25, 0.3) is 0 Å². The van der Waals surface area contributed by atoms with Crippen LogP contribution in [0.5, 0.6) is 0 Å². The summed E-state index contributed by atoms with van der Waals surface area (Å²) in [5.74, 6) is -1.51. The number of halogens is 1. The Hall–Kier alpha value is -2.74. The molecule has 0 aliphatic carbocycles. The number of nitrogens with zero attached hydrogens (tertiary/aromatic N) is 2. The summed E-state index contributed by atoms with van der Waals surface area (Å²) in [6.45, 7) is 2.41. The van der Waals surface area contributed by atoms with Gasteiger partial charge in [0.05, 0.1) is 16.5 Å². The molecule has 4 rings (SSSR count). The quantitative estimate of drug-likeness (QED) is 0.751. The number of anilines is 2. The number of benzene rings is 2. The SMILES string of the molecule is Cc1ccc(N2CC(C(=O)N3CCCc4cc(S(C)(=O)=O)ccc43)CC2=O)c(F)c1. The van der Waals surface area contributed by atoms with Crippen LogP contribution in [-0.4, -0.2) is 39.6 Å². The van der Waals surface area contributed by atoms with Crippen molar-refractivity contribution in [3.8, 4) is 0 Å². The molecule has 0 saturated carbocycles. The van der Waals surface area contributed by atoms with E-state index < -0.39 is 21.6 Å². The van der Waals surface area contributed by atoms with E-state index >= 15 is 0 Å². The van der Waals surface area contributed by atoms with Gasteiger partial charge in [0, 0.05) is 31.5 Å². The van der Waals surface area contributed by atoms with E-state index in [0.717, 1.165) is 17.4 Å². The number of hydrogen-bond acceptors (Lipinski definition) is 4. The monoisotopic (exact) mass is 430 g/mol. The Labute approximate surface area is 175 Å². The summed E-state index contributed by atoms with van der Waals surface area (Å²) in [5, 5.41) is 0. The van der Waals surface area contributed by atoms with Crippen molar-refractivity contribution in [1.82, 2.24) is 0 Å². The molecule has 1 fully saturated rings. The van der Waals surface area contributed by atoms with Crippen LogP contribution in [-0.2, 0) is 25.8 Å². The molecule has 2 aliphatic heterocycles. The molecule has 0 aromatic heterocycles. The van der Waals surface area contributed by atoms with Crippen LogP contribution in [0, 0.1) is 18.7 Å². The molecule has 1 unspecified atom stereocenters. The number of carbonyl (C=O) groups excluding carboxylic acids is 2. The van der Waals surface area contributed by atoms with E-state index in [4.69, 9.17) is 0 Å². The highest BCUT2D eigenvalue weighted by atomic mass is 32.2. The molecular weight excluding hydrogens is 407 g/mol. The topological polar surface area (TPSA) is 74.8 Å². The summed E-state index contributed by atoms with van der Waals surface area (Å²) in [5.41, 5.74) is 2.45. The third-order valence-corrected chi connectivity index (χ3v) is 6.84. The maximum absolute atomic E-state index is 14.4. The average molecular weight is 431 g/mol. The van der Waals surface area contributed by atoms with E-state index in [2.05, 4.69) is 0 Å². The van der Waals surface area contributed by atoms with Crippen molar-refractivity contribution < 1.29 is 22.4 Å². The average Bonchev–Trinajstić information content (AvgIpc) is 3.07. The van der Waals surface area contributed by atoms with Crippen LogP contribution in [0.3, 0.4) is 0 Å². The minimum Gasteiger partial charge on any atom is -0.312 e. The Morgan fingerprint density at radius 3 is 2.57 bits per heavy atom. The first-order valence-electron chi connectivity index (χ1n) is 9.86. The van der Waals surface area contributed by atoms with E-state index in [1.54, 1.807) is 36.1 Å². The Balaban J connectivity index is 1.58. The van der Waals surface area contributed by atoms with Crippen molar-refractivity contribution in [3.63, 3.8) is 0 Å². The van der Waals surface area contributed by atoms with Gasteiger partial charge in [-0.1, -0.05) is 6.07 Å². The van der Waals surface area contributed by atoms with Crippen molar-refractivity contribution >= 4 is 33.0 Å². The number of rotatable bonds is 3. The lowest BCUT2D eigenvalue weighted by Gasteiger charge is -2.31. The molecule has 158 valence electrons. The van der Waals surface area contributed by atoms with Crippen LogP contribution < -0.4 is 9.80 Å². The van der Waals surface area contributed by atoms with Crippen LogP contribution >= 0.6 is 0 Å². The number of sulfone groups is 1. The van der Waals surface area contributed by atoms with E-state index in [-0.39, 0.29) is 35.4 Å². The van der Waals surface area contributed by atoms with Crippen molar-refractivity contribution in [2.24, 2.45) is 5.92 Å². The third-order valence-electron chi connectivity index (χ3n) is 5.73.